The number of hydrogen-bond acceptors (Lipinski definition) is 7. The standard InChI is InChI=1S/C16H22N4O4S/c1-11-9-14(23-4)10-12(2)15(11)25(21,22)20-7-5-19(6-8-20)16-18-17-13(3)24-16/h9-10H,5-8H2,1-4H3. The Morgan fingerprint density at radius 2 is 1.64 bits per heavy atom. The Labute approximate surface area is 147 Å². The maximum atomic E-state index is 13.1. The second-order valence-electron chi connectivity index (χ2n) is 6.09. The van der Waals surface area contributed by atoms with Crippen molar-refractivity contribution in [2.24, 2.45) is 0 Å². The molecule has 1 aliphatic heterocycles. The van der Waals surface area contributed by atoms with Crippen molar-refractivity contribution in [2.75, 3.05) is 38.2 Å². The molecular formula is C16H22N4O4S. The monoisotopic (exact) mass is 366 g/mol. The zero-order valence-electron chi connectivity index (χ0n) is 14.8. The molecule has 8 nitrogen and oxygen atoms in total. The molecule has 0 aliphatic carbocycles. The number of aromatic nitrogens is 2. The van der Waals surface area contributed by atoms with E-state index in [0.717, 1.165) is 0 Å². The maximum Gasteiger partial charge on any atom is 0.318 e. The third-order valence-corrected chi connectivity index (χ3v) is 6.50. The molecule has 1 aromatic carbocycles. The van der Waals surface area contributed by atoms with Crippen molar-refractivity contribution >= 4 is 16.0 Å². The van der Waals surface area contributed by atoms with Crippen molar-refractivity contribution in [3.05, 3.63) is 29.2 Å². The summed E-state index contributed by atoms with van der Waals surface area (Å²) in [6, 6.07) is 3.93. The molecule has 9 heteroatoms. The zero-order valence-corrected chi connectivity index (χ0v) is 15.6. The highest BCUT2D eigenvalue weighted by Crippen LogP contribution is 2.29. The van der Waals surface area contributed by atoms with E-state index in [2.05, 4.69) is 10.2 Å². The van der Waals surface area contributed by atoms with E-state index < -0.39 is 10.0 Å². The van der Waals surface area contributed by atoms with Crippen LogP contribution in [0, 0.1) is 20.8 Å². The van der Waals surface area contributed by atoms with Gasteiger partial charge >= 0.3 is 6.01 Å². The Balaban J connectivity index is 1.81. The second-order valence-corrected chi connectivity index (χ2v) is 7.96. The van der Waals surface area contributed by atoms with Gasteiger partial charge in [0.1, 0.15) is 5.75 Å². The molecule has 1 saturated heterocycles. The van der Waals surface area contributed by atoms with Crippen LogP contribution in [0.5, 0.6) is 5.75 Å². The predicted octanol–water partition coefficient (Wildman–Crippen LogP) is 1.51. The summed E-state index contributed by atoms with van der Waals surface area (Å²) in [5.41, 5.74) is 1.37. The third-order valence-electron chi connectivity index (χ3n) is 4.29. The highest BCUT2D eigenvalue weighted by molar-refractivity contribution is 7.89. The second kappa shape index (κ2) is 6.64. The molecule has 2 heterocycles. The number of aryl methyl sites for hydroxylation is 3. The van der Waals surface area contributed by atoms with Crippen LogP contribution in [0.1, 0.15) is 17.0 Å². The number of rotatable bonds is 4. The van der Waals surface area contributed by atoms with Crippen LogP contribution < -0.4 is 9.64 Å². The van der Waals surface area contributed by atoms with Gasteiger partial charge in [-0.1, -0.05) is 5.10 Å². The molecule has 0 N–H and O–H groups in total. The summed E-state index contributed by atoms with van der Waals surface area (Å²) in [4.78, 5) is 2.26. The highest BCUT2D eigenvalue weighted by atomic mass is 32.2. The number of benzene rings is 1. The van der Waals surface area contributed by atoms with Gasteiger partial charge in [0.05, 0.1) is 12.0 Å². The average Bonchev–Trinajstić information content (AvgIpc) is 3.00. The van der Waals surface area contributed by atoms with Gasteiger partial charge in [0.15, 0.2) is 0 Å². The molecule has 0 spiro atoms. The molecule has 1 aliphatic rings. The molecule has 136 valence electrons. The molecular weight excluding hydrogens is 344 g/mol. The maximum absolute atomic E-state index is 13.1. The largest absolute Gasteiger partial charge is 0.497 e. The number of anilines is 1. The zero-order chi connectivity index (χ0) is 18.2. The normalized spacial score (nSPS) is 16.2. The van der Waals surface area contributed by atoms with Gasteiger partial charge in [-0.15, -0.1) is 5.10 Å². The van der Waals surface area contributed by atoms with Crippen LogP contribution in [0.25, 0.3) is 0 Å². The summed E-state index contributed by atoms with van der Waals surface area (Å²) in [5.74, 6) is 1.15. The number of hydrogen-bond donors (Lipinski definition) is 0. The molecule has 3 rings (SSSR count). The van der Waals surface area contributed by atoms with E-state index in [1.807, 2.05) is 4.90 Å². The Hall–Kier alpha value is -2.13. The molecule has 1 aromatic heterocycles. The van der Waals surface area contributed by atoms with Gasteiger partial charge in [-0.2, -0.15) is 4.31 Å². The molecule has 1 fully saturated rings. The lowest BCUT2D eigenvalue weighted by Gasteiger charge is -2.33. The van der Waals surface area contributed by atoms with E-state index in [4.69, 9.17) is 9.15 Å². The van der Waals surface area contributed by atoms with Crippen molar-refractivity contribution in [1.82, 2.24) is 14.5 Å². The summed E-state index contributed by atoms with van der Waals surface area (Å²) < 4.78 is 38.3. The van der Waals surface area contributed by atoms with E-state index in [1.165, 1.54) is 4.31 Å². The minimum absolute atomic E-state index is 0.357. The van der Waals surface area contributed by atoms with E-state index in [9.17, 15) is 8.42 Å². The summed E-state index contributed by atoms with van der Waals surface area (Å²) in [6.07, 6.45) is 0. The number of methoxy groups -OCH3 is 1. The van der Waals surface area contributed by atoms with Crippen LogP contribution in [0.2, 0.25) is 0 Å². The first-order chi connectivity index (χ1) is 11.8. The third kappa shape index (κ3) is 3.34. The van der Waals surface area contributed by atoms with E-state index >= 15 is 0 Å². The number of piperazine rings is 1. The summed E-state index contributed by atoms with van der Waals surface area (Å²) in [5, 5.41) is 7.80. The number of nitrogens with zero attached hydrogens (tertiary/aromatic N) is 4. The van der Waals surface area contributed by atoms with Crippen molar-refractivity contribution in [3.8, 4) is 5.75 Å². The van der Waals surface area contributed by atoms with Crippen LogP contribution in [-0.2, 0) is 10.0 Å². The fourth-order valence-corrected chi connectivity index (χ4v) is 4.93. The highest BCUT2D eigenvalue weighted by Gasteiger charge is 2.32. The minimum Gasteiger partial charge on any atom is -0.497 e. The summed E-state index contributed by atoms with van der Waals surface area (Å²) >= 11 is 0. The van der Waals surface area contributed by atoms with Crippen molar-refractivity contribution < 1.29 is 17.6 Å². The summed E-state index contributed by atoms with van der Waals surface area (Å²) in [7, 11) is -1.99. The fraction of sp³-hybridized carbons (Fsp3) is 0.500. The first kappa shape index (κ1) is 17.7. The van der Waals surface area contributed by atoms with Gasteiger partial charge in [0.2, 0.25) is 15.9 Å². The van der Waals surface area contributed by atoms with E-state index in [-0.39, 0.29) is 0 Å². The van der Waals surface area contributed by atoms with Crippen LogP contribution in [0.3, 0.4) is 0 Å². The first-order valence-electron chi connectivity index (χ1n) is 8.03. The molecule has 0 saturated carbocycles. The average molecular weight is 366 g/mol. The quantitative estimate of drug-likeness (QED) is 0.810. The molecule has 2 aromatic rings. The Morgan fingerprint density at radius 1 is 1.04 bits per heavy atom. The van der Waals surface area contributed by atoms with E-state index in [0.29, 0.717) is 59.9 Å². The van der Waals surface area contributed by atoms with Crippen LogP contribution in [0.4, 0.5) is 6.01 Å². The predicted molar refractivity (Wildman–Crippen MR) is 92.5 cm³/mol. The van der Waals surface area contributed by atoms with Gasteiger partial charge in [-0.05, 0) is 37.1 Å². The van der Waals surface area contributed by atoms with Crippen molar-refractivity contribution in [3.63, 3.8) is 0 Å². The molecule has 0 bridgehead atoms. The van der Waals surface area contributed by atoms with Gasteiger partial charge in [-0.25, -0.2) is 8.42 Å². The fourth-order valence-electron chi connectivity index (χ4n) is 3.10. The lowest BCUT2D eigenvalue weighted by atomic mass is 10.1. The molecule has 0 unspecified atom stereocenters. The van der Waals surface area contributed by atoms with Crippen molar-refractivity contribution in [1.29, 1.82) is 0 Å². The molecule has 0 atom stereocenters. The lowest BCUT2D eigenvalue weighted by Crippen LogP contribution is -2.49. The van der Waals surface area contributed by atoms with Gasteiger partial charge in [0, 0.05) is 33.1 Å². The Kier molecular flexibility index (Phi) is 4.70. The van der Waals surface area contributed by atoms with Crippen molar-refractivity contribution in [2.45, 2.75) is 25.7 Å². The van der Waals surface area contributed by atoms with Gasteiger partial charge in [-0.3, -0.25) is 0 Å². The first-order valence-corrected chi connectivity index (χ1v) is 9.47. The molecule has 0 amide bonds. The SMILES string of the molecule is COc1cc(C)c(S(=O)(=O)N2CCN(c3nnc(C)o3)CC2)c(C)c1. The Bertz CT molecular complexity index is 847. The minimum atomic E-state index is -3.56. The van der Waals surface area contributed by atoms with Gasteiger partial charge in [0.25, 0.3) is 0 Å². The van der Waals surface area contributed by atoms with E-state index in [1.54, 1.807) is 40.0 Å². The Morgan fingerprint density at radius 3 is 2.12 bits per heavy atom. The number of ether oxygens (including phenoxy) is 1. The smallest absolute Gasteiger partial charge is 0.318 e. The number of sulfonamides is 1. The summed E-state index contributed by atoms with van der Waals surface area (Å²) in [6.45, 7) is 7.07. The lowest BCUT2D eigenvalue weighted by molar-refractivity contribution is 0.369. The van der Waals surface area contributed by atoms with Crippen LogP contribution >= 0.6 is 0 Å². The molecule has 0 radical (unpaired) electrons. The van der Waals surface area contributed by atoms with Gasteiger partial charge < -0.3 is 14.1 Å². The van der Waals surface area contributed by atoms with Crippen LogP contribution in [0.15, 0.2) is 21.4 Å². The van der Waals surface area contributed by atoms with Crippen LogP contribution in [-0.4, -0.2) is 56.2 Å². The topological polar surface area (TPSA) is 88.8 Å². The molecule has 25 heavy (non-hydrogen) atoms.